The Kier molecular flexibility index (Phi) is 6.70. The molecule has 1 aliphatic heterocycles. The van der Waals surface area contributed by atoms with E-state index in [1.807, 2.05) is 64.1 Å². The standard InChI is InChI=1S/C22H23BrN2O3S/c1-12(2)28-17-7-6-15(10-18(17)27-5)11-19-21(26)25-22(29-19)24-16-8-13(3)20(23)14(4)9-16/h6-12H,1-5H3,(H,24,25,26)/b19-11-. The molecule has 1 fully saturated rings. The summed E-state index contributed by atoms with van der Waals surface area (Å²) in [4.78, 5) is 17.6. The zero-order valence-electron chi connectivity index (χ0n) is 17.0. The number of rotatable bonds is 5. The number of ether oxygens (including phenoxy) is 2. The Morgan fingerprint density at radius 1 is 1.14 bits per heavy atom. The van der Waals surface area contributed by atoms with E-state index in [9.17, 15) is 4.79 Å². The highest BCUT2D eigenvalue weighted by Gasteiger charge is 2.24. The van der Waals surface area contributed by atoms with Gasteiger partial charge in [-0.05, 0) is 86.5 Å². The summed E-state index contributed by atoms with van der Waals surface area (Å²) in [6.45, 7) is 7.97. The van der Waals surface area contributed by atoms with Crippen molar-refractivity contribution in [1.29, 1.82) is 0 Å². The second-order valence-corrected chi connectivity index (χ2v) is 8.78. The Hall–Kier alpha value is -2.25. The third-order valence-electron chi connectivity index (χ3n) is 4.15. The molecule has 0 bridgehead atoms. The second kappa shape index (κ2) is 9.05. The van der Waals surface area contributed by atoms with Gasteiger partial charge in [-0.1, -0.05) is 22.0 Å². The number of amidine groups is 1. The maximum atomic E-state index is 12.4. The molecule has 1 N–H and O–H groups in total. The molecule has 0 radical (unpaired) electrons. The van der Waals surface area contributed by atoms with Crippen LogP contribution in [0.25, 0.3) is 6.08 Å². The van der Waals surface area contributed by atoms with E-state index in [0.29, 0.717) is 21.6 Å². The highest BCUT2D eigenvalue weighted by atomic mass is 79.9. The van der Waals surface area contributed by atoms with Crippen LogP contribution in [0.5, 0.6) is 11.5 Å². The van der Waals surface area contributed by atoms with Gasteiger partial charge in [0.05, 0.1) is 23.8 Å². The average molecular weight is 475 g/mol. The van der Waals surface area contributed by atoms with E-state index in [0.717, 1.165) is 26.9 Å². The molecule has 29 heavy (non-hydrogen) atoms. The first kappa shape index (κ1) is 21.5. The third-order valence-corrected chi connectivity index (χ3v) is 6.31. The smallest absolute Gasteiger partial charge is 0.264 e. The maximum absolute atomic E-state index is 12.4. The van der Waals surface area contributed by atoms with Gasteiger partial charge in [-0.25, -0.2) is 4.99 Å². The van der Waals surface area contributed by atoms with Gasteiger partial charge in [-0.15, -0.1) is 0 Å². The lowest BCUT2D eigenvalue weighted by atomic mass is 10.1. The molecule has 0 saturated carbocycles. The summed E-state index contributed by atoms with van der Waals surface area (Å²) in [7, 11) is 1.60. The summed E-state index contributed by atoms with van der Waals surface area (Å²) < 4.78 is 12.2. The van der Waals surface area contributed by atoms with Crippen molar-refractivity contribution in [2.75, 3.05) is 7.11 Å². The van der Waals surface area contributed by atoms with E-state index >= 15 is 0 Å². The van der Waals surface area contributed by atoms with Gasteiger partial charge >= 0.3 is 0 Å². The van der Waals surface area contributed by atoms with Crippen molar-refractivity contribution < 1.29 is 14.3 Å². The number of carbonyl (C=O) groups excluding carboxylic acids is 1. The first-order valence-electron chi connectivity index (χ1n) is 9.18. The molecule has 0 aliphatic carbocycles. The van der Waals surface area contributed by atoms with Gasteiger partial charge in [0.2, 0.25) is 0 Å². The van der Waals surface area contributed by atoms with Crippen LogP contribution in [0.3, 0.4) is 0 Å². The van der Waals surface area contributed by atoms with Crippen molar-refractivity contribution >= 4 is 50.5 Å². The van der Waals surface area contributed by atoms with Crippen molar-refractivity contribution in [3.63, 3.8) is 0 Å². The number of methoxy groups -OCH3 is 1. The Balaban J connectivity index is 1.84. The lowest BCUT2D eigenvalue weighted by Gasteiger charge is -2.13. The summed E-state index contributed by atoms with van der Waals surface area (Å²) in [5.74, 6) is 1.14. The summed E-state index contributed by atoms with van der Waals surface area (Å²) in [5.41, 5.74) is 3.87. The number of aryl methyl sites for hydroxylation is 2. The minimum Gasteiger partial charge on any atom is -0.493 e. The van der Waals surface area contributed by atoms with Crippen molar-refractivity contribution in [2.24, 2.45) is 4.99 Å². The third kappa shape index (κ3) is 5.22. The highest BCUT2D eigenvalue weighted by molar-refractivity contribution is 9.10. The van der Waals surface area contributed by atoms with Gasteiger partial charge in [-0.2, -0.15) is 0 Å². The largest absolute Gasteiger partial charge is 0.493 e. The Morgan fingerprint density at radius 3 is 2.45 bits per heavy atom. The molecule has 0 unspecified atom stereocenters. The lowest BCUT2D eigenvalue weighted by molar-refractivity contribution is -0.115. The van der Waals surface area contributed by atoms with Gasteiger partial charge in [-0.3, -0.25) is 4.79 Å². The first-order valence-corrected chi connectivity index (χ1v) is 10.8. The van der Waals surface area contributed by atoms with Crippen LogP contribution in [0.15, 0.2) is 44.7 Å². The number of hydrogen-bond donors (Lipinski definition) is 1. The molecular weight excluding hydrogens is 452 g/mol. The molecule has 1 aliphatic rings. The monoisotopic (exact) mass is 474 g/mol. The molecule has 7 heteroatoms. The second-order valence-electron chi connectivity index (χ2n) is 6.95. The maximum Gasteiger partial charge on any atom is 0.264 e. The predicted molar refractivity (Wildman–Crippen MR) is 123 cm³/mol. The minimum absolute atomic E-state index is 0.0499. The predicted octanol–water partition coefficient (Wildman–Crippen LogP) is 5.75. The Bertz CT molecular complexity index is 992. The zero-order chi connectivity index (χ0) is 21.1. The fourth-order valence-corrected chi connectivity index (χ4v) is 3.93. The minimum atomic E-state index is -0.166. The number of nitrogens with zero attached hydrogens (tertiary/aromatic N) is 1. The molecule has 0 atom stereocenters. The molecule has 0 aromatic heterocycles. The van der Waals surface area contributed by atoms with Gasteiger partial charge in [0, 0.05) is 4.47 Å². The number of amides is 1. The van der Waals surface area contributed by atoms with Crippen LogP contribution < -0.4 is 14.8 Å². The number of aliphatic imine (C=N–C) groups is 1. The van der Waals surface area contributed by atoms with Crippen LogP contribution in [0.1, 0.15) is 30.5 Å². The molecule has 152 valence electrons. The van der Waals surface area contributed by atoms with Crippen LogP contribution in [0, 0.1) is 13.8 Å². The molecule has 3 rings (SSSR count). The van der Waals surface area contributed by atoms with Crippen LogP contribution >= 0.6 is 27.7 Å². The molecule has 1 amide bonds. The van der Waals surface area contributed by atoms with Gasteiger partial charge in [0.25, 0.3) is 5.91 Å². The summed E-state index contributed by atoms with van der Waals surface area (Å²) in [6, 6.07) is 9.57. The van der Waals surface area contributed by atoms with Crippen molar-refractivity contribution in [2.45, 2.75) is 33.8 Å². The van der Waals surface area contributed by atoms with Crippen LogP contribution in [-0.2, 0) is 4.79 Å². The highest BCUT2D eigenvalue weighted by Crippen LogP contribution is 2.33. The Morgan fingerprint density at radius 2 is 1.83 bits per heavy atom. The van der Waals surface area contributed by atoms with Gasteiger partial charge in [0.15, 0.2) is 16.7 Å². The normalized spacial score (nSPS) is 16.6. The van der Waals surface area contributed by atoms with Crippen LogP contribution in [0.4, 0.5) is 5.69 Å². The fourth-order valence-electron chi connectivity index (χ4n) is 2.86. The summed E-state index contributed by atoms with van der Waals surface area (Å²) in [5, 5.41) is 3.39. The molecular formula is C22H23BrN2O3S. The number of nitrogens with one attached hydrogen (secondary N) is 1. The van der Waals surface area contributed by atoms with E-state index in [1.165, 1.54) is 11.8 Å². The molecule has 1 heterocycles. The van der Waals surface area contributed by atoms with Gasteiger partial charge < -0.3 is 14.8 Å². The Labute approximate surface area is 183 Å². The van der Waals surface area contributed by atoms with Crippen molar-refractivity contribution in [3.05, 3.63) is 56.4 Å². The van der Waals surface area contributed by atoms with E-state index < -0.39 is 0 Å². The molecule has 5 nitrogen and oxygen atoms in total. The van der Waals surface area contributed by atoms with Crippen LogP contribution in [0.2, 0.25) is 0 Å². The average Bonchev–Trinajstić information content (AvgIpc) is 2.99. The summed E-state index contributed by atoms with van der Waals surface area (Å²) in [6.07, 6.45) is 1.87. The number of carbonyl (C=O) groups is 1. The van der Waals surface area contributed by atoms with E-state index in [4.69, 9.17) is 9.47 Å². The molecule has 1 saturated heterocycles. The number of thioether (sulfide) groups is 1. The van der Waals surface area contributed by atoms with Crippen molar-refractivity contribution in [1.82, 2.24) is 5.32 Å². The fraction of sp³-hybridized carbons (Fsp3) is 0.273. The van der Waals surface area contributed by atoms with E-state index in [-0.39, 0.29) is 12.0 Å². The summed E-state index contributed by atoms with van der Waals surface area (Å²) >= 11 is 4.88. The molecule has 2 aromatic rings. The van der Waals surface area contributed by atoms with Crippen molar-refractivity contribution in [3.8, 4) is 11.5 Å². The topological polar surface area (TPSA) is 59.9 Å². The van der Waals surface area contributed by atoms with Gasteiger partial charge in [0.1, 0.15) is 0 Å². The molecule has 0 spiro atoms. The first-order chi connectivity index (χ1) is 13.8. The number of halogens is 1. The van der Waals surface area contributed by atoms with E-state index in [2.05, 4.69) is 26.2 Å². The SMILES string of the molecule is COc1cc(/C=C2\SC(=Nc3cc(C)c(Br)c(C)c3)NC2=O)ccc1OC(C)C. The molecule has 2 aromatic carbocycles. The number of hydrogen-bond acceptors (Lipinski definition) is 5. The zero-order valence-corrected chi connectivity index (χ0v) is 19.4. The lowest BCUT2D eigenvalue weighted by Crippen LogP contribution is -2.19. The quantitative estimate of drug-likeness (QED) is 0.560. The van der Waals surface area contributed by atoms with Crippen LogP contribution in [-0.4, -0.2) is 24.3 Å². The van der Waals surface area contributed by atoms with E-state index in [1.54, 1.807) is 7.11 Å². The number of benzene rings is 2.